The highest BCUT2D eigenvalue weighted by Gasteiger charge is 2.28. The smallest absolute Gasteiger partial charge is 0.261 e. The minimum atomic E-state index is -0.551. The van der Waals surface area contributed by atoms with E-state index in [1.54, 1.807) is 30.1 Å². The van der Waals surface area contributed by atoms with E-state index in [2.05, 4.69) is 21.2 Å². The summed E-state index contributed by atoms with van der Waals surface area (Å²) in [5.41, 5.74) is 1.10. The second-order valence-corrected chi connectivity index (χ2v) is 7.55. The Bertz CT molecular complexity index is 801. The molecule has 1 N–H and O–H groups in total. The maximum atomic E-state index is 12.9. The quantitative estimate of drug-likeness (QED) is 0.605. The number of rotatable bonds is 9. The molecule has 1 atom stereocenters. The molecule has 2 aromatic rings. The summed E-state index contributed by atoms with van der Waals surface area (Å²) in [6.45, 7) is 2.12. The maximum Gasteiger partial charge on any atom is 0.261 e. The monoisotopic (exact) mass is 466 g/mol. The van der Waals surface area contributed by atoms with Gasteiger partial charge in [0.1, 0.15) is 11.8 Å². The number of benzene rings is 2. The van der Waals surface area contributed by atoms with Crippen LogP contribution in [0, 0.1) is 0 Å². The Morgan fingerprint density at radius 2 is 1.93 bits per heavy atom. The molecule has 0 saturated heterocycles. The molecule has 28 heavy (non-hydrogen) atoms. The summed E-state index contributed by atoms with van der Waals surface area (Å²) in [6, 6.07) is 14.5. The lowest BCUT2D eigenvalue weighted by molar-refractivity contribution is -0.142. The van der Waals surface area contributed by atoms with E-state index >= 15 is 0 Å². The first kappa shape index (κ1) is 22.2. The van der Waals surface area contributed by atoms with Crippen molar-refractivity contribution >= 4 is 39.3 Å². The lowest BCUT2D eigenvalue weighted by Gasteiger charge is -2.30. The molecule has 2 rings (SSSR count). The first-order chi connectivity index (χ1) is 13.5. The van der Waals surface area contributed by atoms with Crippen LogP contribution in [-0.2, 0) is 16.0 Å². The summed E-state index contributed by atoms with van der Waals surface area (Å²) in [6.07, 6.45) is 1.17. The number of carbonyl (C=O) groups excluding carboxylic acids is 2. The van der Waals surface area contributed by atoms with Gasteiger partial charge in [0.05, 0.1) is 5.02 Å². The average Bonchev–Trinajstić information content (AvgIpc) is 2.70. The van der Waals surface area contributed by atoms with E-state index < -0.39 is 6.04 Å². The van der Waals surface area contributed by atoms with E-state index in [4.69, 9.17) is 16.3 Å². The number of carbonyl (C=O) groups is 2. The van der Waals surface area contributed by atoms with Crippen LogP contribution in [0.1, 0.15) is 18.9 Å². The van der Waals surface area contributed by atoms with E-state index in [0.29, 0.717) is 30.2 Å². The Morgan fingerprint density at radius 1 is 1.21 bits per heavy atom. The van der Waals surface area contributed by atoms with Gasteiger partial charge in [-0.3, -0.25) is 9.59 Å². The minimum absolute atomic E-state index is 0.189. The van der Waals surface area contributed by atoms with Gasteiger partial charge in [-0.15, -0.1) is 0 Å². The van der Waals surface area contributed by atoms with Crippen LogP contribution in [0.25, 0.3) is 0 Å². The fourth-order valence-corrected chi connectivity index (χ4v) is 3.61. The summed E-state index contributed by atoms with van der Waals surface area (Å²) in [5, 5.41) is 3.05. The Morgan fingerprint density at radius 3 is 2.54 bits per heavy atom. The Balaban J connectivity index is 2.11. The van der Waals surface area contributed by atoms with Crippen LogP contribution in [0.15, 0.2) is 53.0 Å². The molecule has 0 spiro atoms. The summed E-state index contributed by atoms with van der Waals surface area (Å²) in [5.74, 6) is -0.0230. The summed E-state index contributed by atoms with van der Waals surface area (Å²) >= 11 is 9.49. The Labute approximate surface area is 179 Å². The van der Waals surface area contributed by atoms with Crippen LogP contribution in [-0.4, -0.2) is 43.0 Å². The molecule has 0 saturated carbocycles. The highest BCUT2D eigenvalue weighted by molar-refractivity contribution is 9.10. The average molecular weight is 468 g/mol. The number of halogens is 2. The SMILES string of the molecule is CC[C@H](C(=O)NC)N(CCc1ccccc1)C(=O)COc1ccc(Br)cc1Cl. The lowest BCUT2D eigenvalue weighted by Crippen LogP contribution is -2.50. The van der Waals surface area contributed by atoms with Gasteiger partial charge in [-0.2, -0.15) is 0 Å². The molecule has 0 radical (unpaired) electrons. The zero-order chi connectivity index (χ0) is 20.5. The van der Waals surface area contributed by atoms with Crippen molar-refractivity contribution in [2.75, 3.05) is 20.2 Å². The predicted molar refractivity (Wildman–Crippen MR) is 115 cm³/mol. The molecule has 0 bridgehead atoms. The number of nitrogens with zero attached hydrogens (tertiary/aromatic N) is 1. The van der Waals surface area contributed by atoms with Crippen LogP contribution in [0.2, 0.25) is 5.02 Å². The van der Waals surface area contributed by atoms with Crippen LogP contribution in [0.4, 0.5) is 0 Å². The summed E-state index contributed by atoms with van der Waals surface area (Å²) in [4.78, 5) is 26.8. The highest BCUT2D eigenvalue weighted by atomic mass is 79.9. The number of ether oxygens (including phenoxy) is 1. The van der Waals surface area contributed by atoms with Gasteiger partial charge >= 0.3 is 0 Å². The second-order valence-electron chi connectivity index (χ2n) is 6.22. The molecule has 2 amide bonds. The summed E-state index contributed by atoms with van der Waals surface area (Å²) in [7, 11) is 1.57. The second kappa shape index (κ2) is 11.1. The minimum Gasteiger partial charge on any atom is -0.482 e. The zero-order valence-electron chi connectivity index (χ0n) is 16.0. The largest absolute Gasteiger partial charge is 0.482 e. The van der Waals surface area contributed by atoms with Crippen molar-refractivity contribution in [1.82, 2.24) is 10.2 Å². The third-order valence-electron chi connectivity index (χ3n) is 4.36. The van der Waals surface area contributed by atoms with Crippen LogP contribution < -0.4 is 10.1 Å². The number of hydrogen-bond acceptors (Lipinski definition) is 3. The van der Waals surface area contributed by atoms with Gasteiger partial charge in [-0.05, 0) is 36.6 Å². The van der Waals surface area contributed by atoms with E-state index in [-0.39, 0.29) is 18.4 Å². The fraction of sp³-hybridized carbons (Fsp3) is 0.333. The standard InChI is InChI=1S/C21H24BrClN2O3/c1-3-18(21(27)24-2)25(12-11-15-7-5-4-6-8-15)20(26)14-28-19-10-9-16(22)13-17(19)23/h4-10,13,18H,3,11-12,14H2,1-2H3,(H,24,27)/t18-/m1/s1. The normalized spacial score (nSPS) is 11.6. The molecule has 0 aliphatic rings. The molecule has 2 aromatic carbocycles. The van der Waals surface area contributed by atoms with Crippen LogP contribution in [0.5, 0.6) is 5.75 Å². The molecule has 0 aliphatic carbocycles. The molecule has 5 nitrogen and oxygen atoms in total. The van der Waals surface area contributed by atoms with Gasteiger partial charge < -0.3 is 15.0 Å². The first-order valence-corrected chi connectivity index (χ1v) is 10.3. The summed E-state index contributed by atoms with van der Waals surface area (Å²) < 4.78 is 6.44. The lowest BCUT2D eigenvalue weighted by atomic mass is 10.1. The molecule has 0 aromatic heterocycles. The third kappa shape index (κ3) is 6.24. The number of hydrogen-bond donors (Lipinski definition) is 1. The molecule has 0 unspecified atom stereocenters. The molecule has 0 aliphatic heterocycles. The van der Waals surface area contributed by atoms with E-state index in [0.717, 1.165) is 10.0 Å². The molecular formula is C21H24BrClN2O3. The highest BCUT2D eigenvalue weighted by Crippen LogP contribution is 2.27. The molecule has 7 heteroatoms. The van der Waals surface area contributed by atoms with Gasteiger partial charge in [0.15, 0.2) is 6.61 Å². The predicted octanol–water partition coefficient (Wildman–Crippen LogP) is 4.08. The van der Waals surface area contributed by atoms with Crippen molar-refractivity contribution in [2.45, 2.75) is 25.8 Å². The van der Waals surface area contributed by atoms with Crippen molar-refractivity contribution in [3.63, 3.8) is 0 Å². The van der Waals surface area contributed by atoms with Gasteiger partial charge in [0.25, 0.3) is 5.91 Å². The topological polar surface area (TPSA) is 58.6 Å². The fourth-order valence-electron chi connectivity index (χ4n) is 2.88. The van der Waals surface area contributed by atoms with Crippen molar-refractivity contribution in [3.8, 4) is 5.75 Å². The number of likely N-dealkylation sites (N-methyl/N-ethyl adjacent to an activating group) is 1. The van der Waals surface area contributed by atoms with Gasteiger partial charge in [-0.1, -0.05) is 64.8 Å². The van der Waals surface area contributed by atoms with Gasteiger partial charge in [-0.25, -0.2) is 0 Å². The van der Waals surface area contributed by atoms with E-state index in [9.17, 15) is 9.59 Å². The molecule has 150 valence electrons. The van der Waals surface area contributed by atoms with E-state index in [1.807, 2.05) is 37.3 Å². The molecule has 0 heterocycles. The maximum absolute atomic E-state index is 12.9. The van der Waals surface area contributed by atoms with Crippen molar-refractivity contribution < 1.29 is 14.3 Å². The van der Waals surface area contributed by atoms with Gasteiger partial charge in [0.2, 0.25) is 5.91 Å². The van der Waals surface area contributed by atoms with Crippen LogP contribution >= 0.6 is 27.5 Å². The van der Waals surface area contributed by atoms with Crippen molar-refractivity contribution in [1.29, 1.82) is 0 Å². The third-order valence-corrected chi connectivity index (χ3v) is 5.15. The van der Waals surface area contributed by atoms with Crippen molar-refractivity contribution in [2.24, 2.45) is 0 Å². The van der Waals surface area contributed by atoms with Gasteiger partial charge in [0, 0.05) is 18.1 Å². The van der Waals surface area contributed by atoms with E-state index in [1.165, 1.54) is 0 Å². The van der Waals surface area contributed by atoms with Crippen molar-refractivity contribution in [3.05, 3.63) is 63.6 Å². The number of nitrogens with one attached hydrogen (secondary N) is 1. The first-order valence-electron chi connectivity index (χ1n) is 9.09. The number of amides is 2. The van der Waals surface area contributed by atoms with Crippen LogP contribution in [0.3, 0.4) is 0 Å². The zero-order valence-corrected chi connectivity index (χ0v) is 18.3. The molecule has 0 fully saturated rings. The Hall–Kier alpha value is -2.05. The molecular weight excluding hydrogens is 444 g/mol. The Kier molecular flexibility index (Phi) is 8.80.